The third-order valence-electron chi connectivity index (χ3n) is 6.26. The number of nitrogens with one attached hydrogen (secondary N) is 1. The second-order valence-corrected chi connectivity index (χ2v) is 8.42. The molecule has 2 aromatic rings. The van der Waals surface area contributed by atoms with Crippen LogP contribution in [-0.4, -0.2) is 48.5 Å². The average molecular weight is 426 g/mol. The largest absolute Gasteiger partial charge is 0.503 e. The Bertz CT molecular complexity index is 1070. The van der Waals surface area contributed by atoms with Gasteiger partial charge in [-0.15, -0.1) is 0 Å². The molecule has 164 valence electrons. The molecule has 3 aliphatic rings. The van der Waals surface area contributed by atoms with Gasteiger partial charge in [0.2, 0.25) is 0 Å². The molecule has 10 heteroatoms. The number of oxime groups is 1. The van der Waals surface area contributed by atoms with E-state index in [0.29, 0.717) is 6.04 Å². The summed E-state index contributed by atoms with van der Waals surface area (Å²) in [5.74, 6) is 0.0951. The minimum absolute atomic E-state index is 0.0951. The molecule has 3 heterocycles. The third-order valence-corrected chi connectivity index (χ3v) is 6.26. The summed E-state index contributed by atoms with van der Waals surface area (Å²) in [5, 5.41) is 37.0. The Morgan fingerprint density at radius 2 is 2.13 bits per heavy atom. The number of anilines is 1. The van der Waals surface area contributed by atoms with Crippen LogP contribution in [0.3, 0.4) is 0 Å². The van der Waals surface area contributed by atoms with E-state index < -0.39 is 6.16 Å². The lowest BCUT2D eigenvalue weighted by Gasteiger charge is -2.38. The van der Waals surface area contributed by atoms with Gasteiger partial charge in [-0.3, -0.25) is 0 Å². The first-order chi connectivity index (χ1) is 14.9. The smallest absolute Gasteiger partial charge is 0.450 e. The van der Waals surface area contributed by atoms with Crippen LogP contribution >= 0.6 is 0 Å². The van der Waals surface area contributed by atoms with Crippen molar-refractivity contribution in [2.45, 2.75) is 70.6 Å². The number of nitriles is 1. The van der Waals surface area contributed by atoms with Gasteiger partial charge in [0.1, 0.15) is 5.60 Å². The Morgan fingerprint density at radius 3 is 2.71 bits per heavy atom. The number of fused-ring (bicyclic) bond motifs is 1. The first-order valence-corrected chi connectivity index (χ1v) is 10.6. The van der Waals surface area contributed by atoms with E-state index in [9.17, 15) is 0 Å². The number of aromatic nitrogens is 3. The molecule has 1 aliphatic heterocycles. The predicted molar refractivity (Wildman–Crippen MR) is 113 cm³/mol. The zero-order valence-electron chi connectivity index (χ0n) is 17.6. The summed E-state index contributed by atoms with van der Waals surface area (Å²) in [5.41, 5.74) is 4.68. The topological polar surface area (TPSA) is 146 Å². The predicted octanol–water partition coefficient (Wildman–Crippen LogP) is 3.74. The lowest BCUT2D eigenvalue weighted by molar-refractivity contribution is -0.0941. The van der Waals surface area contributed by atoms with Crippen LogP contribution in [0.1, 0.15) is 56.7 Å². The van der Waals surface area contributed by atoms with Gasteiger partial charge in [0, 0.05) is 43.6 Å². The maximum absolute atomic E-state index is 9.09. The third kappa shape index (κ3) is 3.87. The number of rotatable bonds is 4. The molecule has 1 spiro atoms. The number of pyridine rings is 1. The number of carboxylic acid groups (broad SMARTS) is 2. The molecule has 31 heavy (non-hydrogen) atoms. The van der Waals surface area contributed by atoms with E-state index in [1.807, 2.05) is 17.8 Å². The molecule has 0 radical (unpaired) electrons. The van der Waals surface area contributed by atoms with Crippen molar-refractivity contribution in [3.63, 3.8) is 0 Å². The minimum Gasteiger partial charge on any atom is -0.450 e. The zero-order chi connectivity index (χ0) is 22.2. The molecule has 0 unspecified atom stereocenters. The van der Waals surface area contributed by atoms with Crippen molar-refractivity contribution < 1.29 is 19.8 Å². The monoisotopic (exact) mass is 426 g/mol. The molecule has 0 amide bonds. The van der Waals surface area contributed by atoms with Gasteiger partial charge >= 0.3 is 6.16 Å². The van der Waals surface area contributed by atoms with Crippen molar-refractivity contribution in [1.29, 1.82) is 5.26 Å². The molecule has 3 N–H and O–H groups in total. The fourth-order valence-electron chi connectivity index (χ4n) is 4.48. The van der Waals surface area contributed by atoms with Crippen molar-refractivity contribution in [3.8, 4) is 6.07 Å². The summed E-state index contributed by atoms with van der Waals surface area (Å²) in [6, 6.07) is 2.84. The molecule has 0 saturated heterocycles. The molecule has 0 bridgehead atoms. The second kappa shape index (κ2) is 8.06. The molecule has 0 aromatic carbocycles. The first kappa shape index (κ1) is 20.9. The van der Waals surface area contributed by atoms with E-state index in [-0.39, 0.29) is 11.5 Å². The van der Waals surface area contributed by atoms with Crippen LogP contribution in [0.5, 0.6) is 0 Å². The molecule has 2 saturated carbocycles. The summed E-state index contributed by atoms with van der Waals surface area (Å²) in [6.07, 6.45) is 6.03. The first-order valence-electron chi connectivity index (χ1n) is 10.6. The van der Waals surface area contributed by atoms with Gasteiger partial charge in [-0.05, 0) is 33.1 Å². The molecule has 2 aliphatic carbocycles. The summed E-state index contributed by atoms with van der Waals surface area (Å²) in [6.45, 7) is 4.92. The van der Waals surface area contributed by atoms with Crippen molar-refractivity contribution in [3.05, 3.63) is 17.5 Å². The fourth-order valence-corrected chi connectivity index (χ4v) is 4.48. The molecule has 0 atom stereocenters. The van der Waals surface area contributed by atoms with Gasteiger partial charge in [0.05, 0.1) is 34.5 Å². The van der Waals surface area contributed by atoms with Crippen LogP contribution in [0.4, 0.5) is 10.5 Å². The summed E-state index contributed by atoms with van der Waals surface area (Å²) >= 11 is 0. The quantitative estimate of drug-likeness (QED) is 0.670. The summed E-state index contributed by atoms with van der Waals surface area (Å²) < 4.78 is 1.96. The van der Waals surface area contributed by atoms with Crippen LogP contribution in [-0.2, 0) is 11.4 Å². The Kier molecular flexibility index (Phi) is 5.43. The molecule has 10 nitrogen and oxygen atoms in total. The standard InChI is InChI=1S/C20H24N6O.CH2O3/c1-3-26-19-17(12(2)24-26)18(23-14-5-4-6-14)15(11-22-19)16-9-20(27-25-16)7-13(8-20)10-21;2-1(3)4/h11,13-14H,3-9H2,1-2H3,(H,22,23);(H2,2,3,4). The highest BCUT2D eigenvalue weighted by Gasteiger charge is 2.51. The van der Waals surface area contributed by atoms with Crippen molar-refractivity contribution >= 4 is 28.6 Å². The normalized spacial score (nSPS) is 24.3. The van der Waals surface area contributed by atoms with E-state index in [1.165, 1.54) is 19.3 Å². The molecular weight excluding hydrogens is 400 g/mol. The maximum atomic E-state index is 9.09. The Labute approximate surface area is 179 Å². The van der Waals surface area contributed by atoms with E-state index >= 15 is 0 Å². The Morgan fingerprint density at radius 1 is 1.42 bits per heavy atom. The molecule has 2 aromatic heterocycles. The maximum Gasteiger partial charge on any atom is 0.503 e. The SMILES string of the molecule is CCn1nc(C)c2c(NC3CCC3)c(C3=NOC4(C3)CC(C#N)C4)cnc21.O=C(O)O. The van der Waals surface area contributed by atoms with Crippen molar-refractivity contribution in [2.75, 3.05) is 5.32 Å². The van der Waals surface area contributed by atoms with Crippen molar-refractivity contribution in [2.24, 2.45) is 11.1 Å². The van der Waals surface area contributed by atoms with Crippen LogP contribution in [0.2, 0.25) is 0 Å². The zero-order valence-corrected chi connectivity index (χ0v) is 17.6. The Balaban J connectivity index is 0.000000535. The Hall–Kier alpha value is -3.35. The summed E-state index contributed by atoms with van der Waals surface area (Å²) in [7, 11) is 0. The van der Waals surface area contributed by atoms with Gasteiger partial charge in [0.25, 0.3) is 0 Å². The number of aryl methyl sites for hydroxylation is 2. The van der Waals surface area contributed by atoms with E-state index in [0.717, 1.165) is 59.5 Å². The van der Waals surface area contributed by atoms with E-state index in [2.05, 4.69) is 28.6 Å². The number of hydrogen-bond donors (Lipinski definition) is 3. The van der Waals surface area contributed by atoms with Crippen LogP contribution in [0, 0.1) is 24.2 Å². The van der Waals surface area contributed by atoms with Crippen LogP contribution in [0.15, 0.2) is 11.4 Å². The lowest BCUT2D eigenvalue weighted by atomic mass is 9.69. The highest BCUT2D eigenvalue weighted by molar-refractivity contribution is 6.11. The molecule has 2 fully saturated rings. The van der Waals surface area contributed by atoms with Gasteiger partial charge in [-0.2, -0.15) is 10.4 Å². The molecular formula is C21H26N6O4. The van der Waals surface area contributed by atoms with Gasteiger partial charge in [-0.25, -0.2) is 14.5 Å². The van der Waals surface area contributed by atoms with Crippen LogP contribution < -0.4 is 5.32 Å². The summed E-state index contributed by atoms with van der Waals surface area (Å²) in [4.78, 5) is 19.1. The van der Waals surface area contributed by atoms with Gasteiger partial charge < -0.3 is 20.4 Å². The van der Waals surface area contributed by atoms with Gasteiger partial charge in [-0.1, -0.05) is 5.16 Å². The average Bonchev–Trinajstić information content (AvgIpc) is 3.25. The van der Waals surface area contributed by atoms with Crippen LogP contribution in [0.25, 0.3) is 11.0 Å². The van der Waals surface area contributed by atoms with E-state index in [1.54, 1.807) is 0 Å². The van der Waals surface area contributed by atoms with E-state index in [4.69, 9.17) is 30.1 Å². The minimum atomic E-state index is -1.83. The highest BCUT2D eigenvalue weighted by atomic mass is 16.7. The highest BCUT2D eigenvalue weighted by Crippen LogP contribution is 2.47. The van der Waals surface area contributed by atoms with Crippen molar-refractivity contribution in [1.82, 2.24) is 14.8 Å². The van der Waals surface area contributed by atoms with Gasteiger partial charge in [0.15, 0.2) is 5.65 Å². The number of hydrogen-bond acceptors (Lipinski definition) is 7. The fraction of sp³-hybridized carbons (Fsp3) is 0.571. The number of carbonyl (C=O) groups is 1. The number of nitrogens with zero attached hydrogens (tertiary/aromatic N) is 5. The molecule has 5 rings (SSSR count). The lowest BCUT2D eigenvalue weighted by Crippen LogP contribution is -2.43. The second-order valence-electron chi connectivity index (χ2n) is 8.42.